The Bertz CT molecular complexity index is 824. The van der Waals surface area contributed by atoms with Crippen molar-refractivity contribution >= 4 is 20.0 Å². The van der Waals surface area contributed by atoms with E-state index in [1.54, 1.807) is 0 Å². The molecule has 1 aromatic rings. The van der Waals surface area contributed by atoms with Crippen LogP contribution in [0.5, 0.6) is 0 Å². The highest BCUT2D eigenvalue weighted by molar-refractivity contribution is 8.13. The van der Waals surface area contributed by atoms with Gasteiger partial charge in [-0.25, -0.2) is 21.4 Å². The molecule has 0 unspecified atom stereocenters. The largest absolute Gasteiger partial charge is 0.480 e. The van der Waals surface area contributed by atoms with Gasteiger partial charge >= 0.3 is 11.0 Å². The fourth-order valence-electron chi connectivity index (χ4n) is 1.81. The van der Waals surface area contributed by atoms with Gasteiger partial charge < -0.3 is 4.13 Å². The molecule has 1 aromatic heterocycles. The normalized spacial score (nSPS) is 13.0. The maximum Gasteiger partial charge on any atom is 0.480 e. The summed E-state index contributed by atoms with van der Waals surface area (Å²) in [5.74, 6) is 0. The lowest BCUT2D eigenvalue weighted by Gasteiger charge is -2.22. The average Bonchev–Trinajstić information content (AvgIpc) is 2.52. The number of aryl methyl sites for hydroxylation is 3. The molecule has 0 fully saturated rings. The van der Waals surface area contributed by atoms with E-state index in [0.29, 0.717) is 0 Å². The van der Waals surface area contributed by atoms with E-state index in [1.807, 2.05) is 0 Å². The number of hydrogen-bond acceptors (Lipinski definition) is 4. The van der Waals surface area contributed by atoms with Crippen LogP contribution in [0.25, 0.3) is 4.13 Å². The van der Waals surface area contributed by atoms with Crippen LogP contribution in [0, 0.1) is 13.8 Å². The van der Waals surface area contributed by atoms with Gasteiger partial charge in [-0.2, -0.15) is 26.3 Å². The molecule has 14 heteroatoms. The number of rotatable bonds is 7. The number of aromatic nitrogens is 1. The van der Waals surface area contributed by atoms with E-state index in [1.165, 1.54) is 43.4 Å². The highest BCUT2D eigenvalue weighted by atomic mass is 32.3. The lowest BCUT2D eigenvalue weighted by Crippen LogP contribution is -2.33. The minimum Gasteiger partial charge on any atom is -0.421 e. The minimum atomic E-state index is -6.72. The molecule has 0 spiro atoms. The molecule has 0 aliphatic rings. The van der Waals surface area contributed by atoms with E-state index < -0.39 is 31.1 Å². The van der Waals surface area contributed by atoms with Crippen molar-refractivity contribution in [3.63, 3.8) is 0 Å². The first-order chi connectivity index (χ1) is 12.9. The smallest absolute Gasteiger partial charge is 0.421 e. The van der Waals surface area contributed by atoms with Gasteiger partial charge in [0, 0.05) is 18.1 Å². The summed E-state index contributed by atoms with van der Waals surface area (Å²) in [6.45, 7) is 7.76. The lowest BCUT2D eigenvalue weighted by molar-refractivity contribution is -0.697. The second kappa shape index (κ2) is 10.6. The summed E-state index contributed by atoms with van der Waals surface area (Å²) in [5.41, 5.74) is -9.63. The average molecular weight is 472 g/mol. The van der Waals surface area contributed by atoms with Gasteiger partial charge in [-0.15, -0.1) is 0 Å². The Kier molecular flexibility index (Phi) is 10.1. The number of unbranched alkanes of at least 4 members (excludes halogenated alkanes) is 3. The van der Waals surface area contributed by atoms with E-state index in [2.05, 4.69) is 43.8 Å². The summed E-state index contributed by atoms with van der Waals surface area (Å²) < 4.78 is 111. The molecular formula is C15H22F6N2O4S2. The number of hydrogen-bond donors (Lipinski definition) is 0. The summed E-state index contributed by atoms with van der Waals surface area (Å²) in [5, 5.41) is 0. The van der Waals surface area contributed by atoms with Crippen molar-refractivity contribution in [1.29, 1.82) is 0 Å². The van der Waals surface area contributed by atoms with Gasteiger partial charge in [0.15, 0.2) is 32.4 Å². The molecular weight excluding hydrogens is 450 g/mol. The molecule has 0 N–H and O–H groups in total. The molecule has 29 heavy (non-hydrogen) atoms. The summed E-state index contributed by atoms with van der Waals surface area (Å²) in [6, 6.07) is 2.20. The summed E-state index contributed by atoms with van der Waals surface area (Å²) >= 11 is 0. The predicted octanol–water partition coefficient (Wildman–Crippen LogP) is 4.23. The molecule has 0 aliphatic carbocycles. The molecule has 0 aliphatic heterocycles. The monoisotopic (exact) mass is 472 g/mol. The van der Waals surface area contributed by atoms with Crippen molar-refractivity contribution < 1.29 is 47.7 Å². The molecule has 0 saturated heterocycles. The van der Waals surface area contributed by atoms with Gasteiger partial charge in [0.2, 0.25) is 0 Å². The van der Waals surface area contributed by atoms with Crippen molar-refractivity contribution in [1.82, 2.24) is 0 Å². The van der Waals surface area contributed by atoms with Gasteiger partial charge in [0.25, 0.3) is 0 Å². The third-order valence-electron chi connectivity index (χ3n) is 3.55. The number of halogens is 6. The molecule has 0 amide bonds. The predicted molar refractivity (Wildman–Crippen MR) is 93.6 cm³/mol. The van der Waals surface area contributed by atoms with Gasteiger partial charge in [-0.1, -0.05) is 19.8 Å². The molecule has 0 aromatic carbocycles. The van der Waals surface area contributed by atoms with E-state index >= 15 is 0 Å². The maximum absolute atomic E-state index is 11.4. The Labute approximate surface area is 166 Å². The number of sulfonamides is 2. The third-order valence-corrected chi connectivity index (χ3v) is 6.29. The Morgan fingerprint density at radius 1 is 0.862 bits per heavy atom. The maximum atomic E-state index is 11.4. The number of alkyl halides is 6. The van der Waals surface area contributed by atoms with Crippen LogP contribution < -0.4 is 4.57 Å². The first kappa shape index (κ1) is 27.6. The molecule has 0 radical (unpaired) electrons. The molecule has 1 heterocycles. The van der Waals surface area contributed by atoms with Crippen LogP contribution in [-0.4, -0.2) is 27.9 Å². The van der Waals surface area contributed by atoms with Crippen LogP contribution in [-0.2, 0) is 26.6 Å². The second-order valence-electron chi connectivity index (χ2n) is 6.03. The summed E-state index contributed by atoms with van der Waals surface area (Å²) in [6.07, 6.45) is 9.79. The van der Waals surface area contributed by atoms with Crippen molar-refractivity contribution in [3.8, 4) is 0 Å². The van der Waals surface area contributed by atoms with E-state index in [9.17, 15) is 43.2 Å². The minimum absolute atomic E-state index is 0.778. The molecule has 170 valence electrons. The Morgan fingerprint density at radius 2 is 1.34 bits per heavy atom. The van der Waals surface area contributed by atoms with E-state index in [-0.39, 0.29) is 0 Å². The van der Waals surface area contributed by atoms with Crippen LogP contribution in [0.4, 0.5) is 26.3 Å². The Hall–Kier alpha value is -1.41. The van der Waals surface area contributed by atoms with E-state index in [0.717, 1.165) is 4.13 Å². The number of nitrogens with zero attached hydrogens (tertiary/aromatic N) is 2. The van der Waals surface area contributed by atoms with Gasteiger partial charge in [0.1, 0.15) is 6.54 Å². The van der Waals surface area contributed by atoms with Crippen LogP contribution in [0.15, 0.2) is 18.5 Å². The third kappa shape index (κ3) is 9.30. The highest BCUT2D eigenvalue weighted by Crippen LogP contribution is 2.36. The molecule has 0 atom stereocenters. The van der Waals surface area contributed by atoms with Crippen molar-refractivity contribution in [2.75, 3.05) is 0 Å². The second-order valence-corrected chi connectivity index (χ2v) is 9.45. The van der Waals surface area contributed by atoms with E-state index in [4.69, 9.17) is 0 Å². The topological polar surface area (TPSA) is 86.3 Å². The van der Waals surface area contributed by atoms with Crippen molar-refractivity contribution in [2.24, 2.45) is 0 Å². The zero-order chi connectivity index (χ0) is 23.1. The zero-order valence-electron chi connectivity index (χ0n) is 15.9. The van der Waals surface area contributed by atoms with Crippen molar-refractivity contribution in [2.45, 2.75) is 64.0 Å². The Balaban J connectivity index is 0.000000541. The zero-order valence-corrected chi connectivity index (χ0v) is 17.5. The number of pyridine rings is 1. The van der Waals surface area contributed by atoms with Gasteiger partial charge in [-0.3, -0.25) is 0 Å². The summed E-state index contributed by atoms with van der Waals surface area (Å²) in [4.78, 5) is 0. The fourth-order valence-corrected chi connectivity index (χ4v) is 3.52. The first-order valence-electron chi connectivity index (χ1n) is 8.27. The van der Waals surface area contributed by atoms with Crippen LogP contribution in [0.3, 0.4) is 0 Å². The van der Waals surface area contributed by atoms with Gasteiger partial charge in [0.05, 0.1) is 0 Å². The highest BCUT2D eigenvalue weighted by Gasteiger charge is 2.46. The van der Waals surface area contributed by atoms with Crippen molar-refractivity contribution in [3.05, 3.63) is 33.7 Å². The molecule has 6 nitrogen and oxygen atoms in total. The van der Waals surface area contributed by atoms with Crippen LogP contribution in [0.1, 0.15) is 43.7 Å². The Morgan fingerprint density at radius 3 is 1.72 bits per heavy atom. The first-order valence-corrected chi connectivity index (χ1v) is 11.2. The van der Waals surface area contributed by atoms with Crippen LogP contribution >= 0.6 is 0 Å². The van der Waals surface area contributed by atoms with Crippen LogP contribution in [0.2, 0.25) is 0 Å². The van der Waals surface area contributed by atoms with Gasteiger partial charge in [-0.05, 0) is 25.8 Å². The fraction of sp³-hybridized carbons (Fsp3) is 0.667. The molecule has 0 bridgehead atoms. The standard InChI is InChI=1S/C13H22N.C2F6NO4S2/c1-4-5-6-7-9-14-10-8-12(2)13(3)11-14;3-1(4,5)14(10,11)9-15(12,13)2(6,7)8/h8,10-11H,4-7,9H2,1-3H3;/q+1;-1. The SMILES string of the molecule is CCCCCC[n+]1ccc(C)c(C)c1.O=S(=O)([N-]S(=O)(=O)C(F)(F)F)C(F)(F)F. The quantitative estimate of drug-likeness (QED) is 0.338. The summed E-state index contributed by atoms with van der Waals surface area (Å²) in [7, 11) is -13.4. The lowest BCUT2D eigenvalue weighted by atomic mass is 10.2. The molecule has 1 rings (SSSR count). The molecule has 0 saturated carbocycles.